The first-order valence-electron chi connectivity index (χ1n) is 8.89. The van der Waals surface area contributed by atoms with Crippen LogP contribution in [0.15, 0.2) is 47.6 Å². The summed E-state index contributed by atoms with van der Waals surface area (Å²) in [5.41, 5.74) is 2.10. The predicted molar refractivity (Wildman–Crippen MR) is 115 cm³/mol. The van der Waals surface area contributed by atoms with Crippen LogP contribution in [-0.4, -0.2) is 53.7 Å². The molecule has 0 aliphatic carbocycles. The maximum absolute atomic E-state index is 12.5. The zero-order valence-corrected chi connectivity index (χ0v) is 18.6. The second kappa shape index (κ2) is 8.15. The van der Waals surface area contributed by atoms with E-state index in [9.17, 15) is 16.8 Å². The fraction of sp³-hybridized carbons (Fsp3) is 0.316. The molecule has 0 amide bonds. The molecule has 30 heavy (non-hydrogen) atoms. The van der Waals surface area contributed by atoms with Crippen molar-refractivity contribution in [1.29, 1.82) is 0 Å². The summed E-state index contributed by atoms with van der Waals surface area (Å²) in [4.78, 5) is 0. The van der Waals surface area contributed by atoms with Crippen molar-refractivity contribution in [2.45, 2.75) is 12.5 Å². The van der Waals surface area contributed by atoms with Crippen molar-refractivity contribution >= 4 is 31.4 Å². The van der Waals surface area contributed by atoms with E-state index >= 15 is 0 Å². The number of rotatable bonds is 7. The third kappa shape index (κ3) is 4.85. The van der Waals surface area contributed by atoms with Gasteiger partial charge in [0.1, 0.15) is 11.5 Å². The summed E-state index contributed by atoms with van der Waals surface area (Å²) in [5, 5.41) is 4.34. The van der Waals surface area contributed by atoms with Crippen LogP contribution in [0.4, 0.5) is 5.69 Å². The van der Waals surface area contributed by atoms with Crippen LogP contribution in [0, 0.1) is 0 Å². The fourth-order valence-electron chi connectivity index (χ4n) is 3.28. The molecule has 1 heterocycles. The standard InChI is InChI=1S/C19H23N3O6S2/c1-27-15-8-9-19(28-2)16(11-15)18-12-17(20-22(18)30(4,25)26)13-6-5-7-14(10-13)21-29(3,23)24/h5-11,18,21H,12H2,1-4H3/t18-/m1/s1. The van der Waals surface area contributed by atoms with Crippen LogP contribution in [0.5, 0.6) is 11.5 Å². The number of methoxy groups -OCH3 is 2. The van der Waals surface area contributed by atoms with Crippen LogP contribution in [-0.2, 0) is 20.0 Å². The molecule has 0 aromatic heterocycles. The Labute approximate surface area is 176 Å². The van der Waals surface area contributed by atoms with Crippen LogP contribution in [0.25, 0.3) is 0 Å². The Morgan fingerprint density at radius 2 is 1.77 bits per heavy atom. The van der Waals surface area contributed by atoms with Gasteiger partial charge >= 0.3 is 0 Å². The topological polar surface area (TPSA) is 114 Å². The summed E-state index contributed by atoms with van der Waals surface area (Å²) in [5.74, 6) is 1.07. The molecule has 2 aromatic rings. The fourth-order valence-corrected chi connectivity index (χ4v) is 4.73. The van der Waals surface area contributed by atoms with Gasteiger partial charge in [0.05, 0.1) is 38.5 Å². The molecule has 0 saturated carbocycles. The monoisotopic (exact) mass is 453 g/mol. The highest BCUT2D eigenvalue weighted by Crippen LogP contribution is 2.40. The van der Waals surface area contributed by atoms with Crippen molar-refractivity contribution in [1.82, 2.24) is 4.41 Å². The molecule has 0 radical (unpaired) electrons. The number of hydrogen-bond donors (Lipinski definition) is 1. The van der Waals surface area contributed by atoms with Crippen molar-refractivity contribution in [3.8, 4) is 11.5 Å². The van der Waals surface area contributed by atoms with Gasteiger partial charge < -0.3 is 9.47 Å². The highest BCUT2D eigenvalue weighted by Gasteiger charge is 2.36. The molecule has 1 N–H and O–H groups in total. The minimum absolute atomic E-state index is 0.277. The summed E-state index contributed by atoms with van der Waals surface area (Å²) in [6.45, 7) is 0. The number of sulfonamides is 2. The van der Waals surface area contributed by atoms with Crippen LogP contribution in [0.2, 0.25) is 0 Å². The second-order valence-electron chi connectivity index (χ2n) is 6.87. The van der Waals surface area contributed by atoms with E-state index in [0.29, 0.717) is 34.0 Å². The Kier molecular flexibility index (Phi) is 5.95. The highest BCUT2D eigenvalue weighted by molar-refractivity contribution is 7.92. The molecule has 0 bridgehead atoms. The largest absolute Gasteiger partial charge is 0.497 e. The van der Waals surface area contributed by atoms with Gasteiger partial charge in [-0.15, -0.1) is 0 Å². The number of hydrogen-bond acceptors (Lipinski definition) is 7. The molecule has 0 fully saturated rings. The lowest BCUT2D eigenvalue weighted by Crippen LogP contribution is -2.26. The lowest BCUT2D eigenvalue weighted by molar-refractivity contribution is 0.348. The van der Waals surface area contributed by atoms with Crippen LogP contribution >= 0.6 is 0 Å². The summed E-state index contributed by atoms with van der Waals surface area (Å²) < 4.78 is 62.2. The van der Waals surface area contributed by atoms with E-state index in [1.165, 1.54) is 14.2 Å². The van der Waals surface area contributed by atoms with E-state index < -0.39 is 26.1 Å². The number of benzene rings is 2. The normalized spacial score (nSPS) is 16.9. The van der Waals surface area contributed by atoms with Crippen LogP contribution < -0.4 is 14.2 Å². The summed E-state index contributed by atoms with van der Waals surface area (Å²) >= 11 is 0. The third-order valence-electron chi connectivity index (χ3n) is 4.51. The Morgan fingerprint density at radius 3 is 2.37 bits per heavy atom. The van der Waals surface area contributed by atoms with E-state index in [0.717, 1.165) is 16.9 Å². The van der Waals surface area contributed by atoms with Gasteiger partial charge in [0.25, 0.3) is 0 Å². The SMILES string of the molecule is COc1ccc(OC)c([C@H]2CC(c3cccc(NS(C)(=O)=O)c3)=NN2S(C)(=O)=O)c1. The van der Waals surface area contributed by atoms with Gasteiger partial charge in [-0.2, -0.15) is 9.52 Å². The molecule has 0 saturated heterocycles. The number of nitrogens with zero attached hydrogens (tertiary/aromatic N) is 2. The van der Waals surface area contributed by atoms with Gasteiger partial charge in [-0.1, -0.05) is 12.1 Å². The van der Waals surface area contributed by atoms with Crippen molar-refractivity contribution in [2.75, 3.05) is 31.5 Å². The molecule has 1 atom stereocenters. The molecular weight excluding hydrogens is 430 g/mol. The van der Waals surface area contributed by atoms with Gasteiger partial charge in [-0.05, 0) is 35.9 Å². The summed E-state index contributed by atoms with van der Waals surface area (Å²) in [7, 11) is -4.10. The molecule has 9 nitrogen and oxygen atoms in total. The first-order valence-corrected chi connectivity index (χ1v) is 12.6. The first kappa shape index (κ1) is 21.9. The van der Waals surface area contributed by atoms with Gasteiger partial charge in [0.2, 0.25) is 20.0 Å². The zero-order chi connectivity index (χ0) is 22.1. The average Bonchev–Trinajstić information content (AvgIpc) is 3.12. The maximum atomic E-state index is 12.5. The van der Waals surface area contributed by atoms with Crippen LogP contribution in [0.1, 0.15) is 23.6 Å². The molecule has 0 unspecified atom stereocenters. The Hall–Kier alpha value is -2.79. The molecule has 11 heteroatoms. The molecule has 162 valence electrons. The maximum Gasteiger partial charge on any atom is 0.247 e. The zero-order valence-electron chi connectivity index (χ0n) is 17.0. The lowest BCUT2D eigenvalue weighted by atomic mass is 9.98. The van der Waals surface area contributed by atoms with Crippen molar-refractivity contribution in [3.63, 3.8) is 0 Å². The van der Waals surface area contributed by atoms with E-state index in [2.05, 4.69) is 9.82 Å². The number of nitrogens with one attached hydrogen (secondary N) is 1. The second-order valence-corrected chi connectivity index (χ2v) is 10.5. The molecule has 2 aromatic carbocycles. The van der Waals surface area contributed by atoms with Gasteiger partial charge in [0.15, 0.2) is 0 Å². The first-order chi connectivity index (χ1) is 14.0. The van der Waals surface area contributed by atoms with E-state index in [4.69, 9.17) is 9.47 Å². The van der Waals surface area contributed by atoms with Crippen LogP contribution in [0.3, 0.4) is 0 Å². The molecule has 1 aliphatic heterocycles. The third-order valence-corrected chi connectivity index (χ3v) is 6.13. The van der Waals surface area contributed by atoms with E-state index in [1.54, 1.807) is 42.5 Å². The predicted octanol–water partition coefficient (Wildman–Crippen LogP) is 2.19. The van der Waals surface area contributed by atoms with Gasteiger partial charge in [0, 0.05) is 17.7 Å². The lowest BCUT2D eigenvalue weighted by Gasteiger charge is -2.23. The molecular formula is C19H23N3O6S2. The quantitative estimate of drug-likeness (QED) is 0.687. The molecule has 1 aliphatic rings. The smallest absolute Gasteiger partial charge is 0.247 e. The number of hydrazone groups is 1. The number of anilines is 1. The minimum Gasteiger partial charge on any atom is -0.497 e. The molecule has 0 spiro atoms. The Balaban J connectivity index is 2.04. The number of ether oxygens (including phenoxy) is 2. The van der Waals surface area contributed by atoms with Crippen molar-refractivity contribution in [3.05, 3.63) is 53.6 Å². The highest BCUT2D eigenvalue weighted by atomic mass is 32.2. The van der Waals surface area contributed by atoms with Gasteiger partial charge in [-0.3, -0.25) is 4.72 Å². The minimum atomic E-state index is -3.69. The molecule has 3 rings (SSSR count). The summed E-state index contributed by atoms with van der Waals surface area (Å²) in [6.07, 6.45) is 2.42. The summed E-state index contributed by atoms with van der Waals surface area (Å²) in [6, 6.07) is 11.2. The van der Waals surface area contributed by atoms with Gasteiger partial charge in [-0.25, -0.2) is 16.8 Å². The van der Waals surface area contributed by atoms with E-state index in [-0.39, 0.29) is 6.42 Å². The average molecular weight is 454 g/mol. The Bertz CT molecular complexity index is 1190. The van der Waals surface area contributed by atoms with Crippen molar-refractivity contribution < 1.29 is 26.3 Å². The van der Waals surface area contributed by atoms with E-state index in [1.807, 2.05) is 0 Å². The van der Waals surface area contributed by atoms with Crippen molar-refractivity contribution in [2.24, 2.45) is 5.10 Å². The Morgan fingerprint density at radius 1 is 1.03 bits per heavy atom.